The third kappa shape index (κ3) is 4.61. The number of carbonyl (C=O) groups excluding carboxylic acids is 2. The maximum absolute atomic E-state index is 13.0. The van der Waals surface area contributed by atoms with Crippen LogP contribution in [-0.2, 0) is 16.6 Å². The average molecular weight is 469 g/mol. The molecular formula is C24H27N3O7. The smallest absolute Gasteiger partial charge is 0.339 e. The minimum Gasteiger partial charge on any atom is -0.493 e. The molecule has 0 bridgehead atoms. The molecule has 0 saturated carbocycles. The first-order valence-corrected chi connectivity index (χ1v) is 10.4. The Hall–Kier alpha value is -4.21. The molecule has 10 heteroatoms. The predicted molar refractivity (Wildman–Crippen MR) is 125 cm³/mol. The number of nitrogens with zero attached hydrogens (tertiary/aromatic N) is 2. The number of nitrogens with one attached hydrogen (secondary N) is 1. The Morgan fingerprint density at radius 2 is 1.56 bits per heavy atom. The van der Waals surface area contributed by atoms with E-state index in [1.807, 2.05) is 18.2 Å². The zero-order valence-corrected chi connectivity index (χ0v) is 19.9. The molecule has 0 fully saturated rings. The number of ether oxygens (including phenoxy) is 4. The topological polar surface area (TPSA) is 110 Å². The molecule has 2 aromatic carbocycles. The molecule has 10 nitrogen and oxygen atoms in total. The van der Waals surface area contributed by atoms with Crippen LogP contribution in [0.2, 0.25) is 0 Å². The van der Waals surface area contributed by atoms with Crippen molar-refractivity contribution in [3.63, 3.8) is 0 Å². The van der Waals surface area contributed by atoms with Gasteiger partial charge >= 0.3 is 5.97 Å². The monoisotopic (exact) mass is 469 g/mol. The summed E-state index contributed by atoms with van der Waals surface area (Å²) in [5.41, 5.74) is 1.01. The van der Waals surface area contributed by atoms with Gasteiger partial charge in [-0.3, -0.25) is 14.3 Å². The second-order valence-electron chi connectivity index (χ2n) is 7.39. The number of para-hydroxylation sites is 1. The fourth-order valence-corrected chi connectivity index (χ4v) is 3.42. The van der Waals surface area contributed by atoms with E-state index in [0.29, 0.717) is 17.1 Å². The first-order valence-electron chi connectivity index (χ1n) is 10.4. The molecule has 1 heterocycles. The van der Waals surface area contributed by atoms with Crippen molar-refractivity contribution < 1.29 is 28.5 Å². The van der Waals surface area contributed by atoms with Crippen LogP contribution in [0.1, 0.15) is 23.0 Å². The summed E-state index contributed by atoms with van der Waals surface area (Å²) in [7, 11) is 6.01. The molecule has 0 saturated heterocycles. The third-order valence-electron chi connectivity index (χ3n) is 5.36. The maximum Gasteiger partial charge on any atom is 0.339 e. The standard InChI is InChI=1S/C24H27N3O7/c1-14-20(23(29)27(26(14)3)17-10-8-7-9-11-17)25-22(28)15(2)34-24(30)16-12-18(31-4)21(33-6)19(13-16)32-5/h7-13,15H,1-6H3,(H,25,28). The highest BCUT2D eigenvalue weighted by Crippen LogP contribution is 2.38. The minimum absolute atomic E-state index is 0.104. The molecule has 1 unspecified atom stereocenters. The Bertz CT molecular complexity index is 1240. The van der Waals surface area contributed by atoms with E-state index in [1.165, 1.54) is 45.1 Å². The summed E-state index contributed by atoms with van der Waals surface area (Å²) < 4.78 is 24.1. The number of carbonyl (C=O) groups is 2. The molecule has 0 aliphatic heterocycles. The van der Waals surface area contributed by atoms with Crippen molar-refractivity contribution in [2.75, 3.05) is 26.6 Å². The van der Waals surface area contributed by atoms with Gasteiger partial charge < -0.3 is 24.3 Å². The molecule has 0 radical (unpaired) electrons. The number of esters is 1. The van der Waals surface area contributed by atoms with E-state index in [4.69, 9.17) is 18.9 Å². The quantitative estimate of drug-likeness (QED) is 0.505. The molecule has 1 aromatic heterocycles. The van der Waals surface area contributed by atoms with Crippen LogP contribution >= 0.6 is 0 Å². The van der Waals surface area contributed by atoms with Crippen LogP contribution < -0.4 is 25.1 Å². The van der Waals surface area contributed by atoms with Crippen molar-refractivity contribution in [3.05, 3.63) is 64.1 Å². The number of anilines is 1. The molecule has 3 aromatic rings. The number of methoxy groups -OCH3 is 3. The van der Waals surface area contributed by atoms with E-state index in [2.05, 4.69) is 5.32 Å². The fourth-order valence-electron chi connectivity index (χ4n) is 3.42. The van der Waals surface area contributed by atoms with E-state index in [-0.39, 0.29) is 22.7 Å². The normalized spacial score (nSPS) is 11.5. The molecule has 3 rings (SSSR count). The van der Waals surface area contributed by atoms with E-state index in [9.17, 15) is 14.4 Å². The van der Waals surface area contributed by atoms with Gasteiger partial charge in [-0.05, 0) is 38.1 Å². The van der Waals surface area contributed by atoms with Gasteiger partial charge in [-0.1, -0.05) is 18.2 Å². The van der Waals surface area contributed by atoms with Crippen LogP contribution in [0.4, 0.5) is 5.69 Å². The lowest BCUT2D eigenvalue weighted by atomic mass is 10.2. The first kappa shape index (κ1) is 24.4. The van der Waals surface area contributed by atoms with Crippen molar-refractivity contribution in [2.45, 2.75) is 20.0 Å². The van der Waals surface area contributed by atoms with Gasteiger partial charge in [0.15, 0.2) is 17.6 Å². The van der Waals surface area contributed by atoms with E-state index < -0.39 is 23.5 Å². The number of rotatable bonds is 8. The molecule has 1 amide bonds. The van der Waals surface area contributed by atoms with Gasteiger partial charge in [-0.25, -0.2) is 9.48 Å². The molecule has 0 spiro atoms. The number of amides is 1. The lowest BCUT2D eigenvalue weighted by molar-refractivity contribution is -0.123. The fraction of sp³-hybridized carbons (Fsp3) is 0.292. The van der Waals surface area contributed by atoms with Crippen molar-refractivity contribution in [1.82, 2.24) is 9.36 Å². The Kier molecular flexibility index (Phi) is 7.30. The van der Waals surface area contributed by atoms with Gasteiger partial charge in [-0.2, -0.15) is 0 Å². The van der Waals surface area contributed by atoms with E-state index in [0.717, 1.165) is 0 Å². The van der Waals surface area contributed by atoms with Gasteiger partial charge in [0.2, 0.25) is 5.75 Å². The summed E-state index contributed by atoms with van der Waals surface area (Å²) in [6, 6.07) is 11.9. The summed E-state index contributed by atoms with van der Waals surface area (Å²) in [5, 5.41) is 2.59. The Labute approximate surface area is 196 Å². The Morgan fingerprint density at radius 1 is 0.971 bits per heavy atom. The summed E-state index contributed by atoms with van der Waals surface area (Å²) in [5.74, 6) is -0.554. The molecule has 0 aliphatic rings. The molecule has 1 atom stereocenters. The summed E-state index contributed by atoms with van der Waals surface area (Å²) in [4.78, 5) is 38.5. The third-order valence-corrected chi connectivity index (χ3v) is 5.36. The van der Waals surface area contributed by atoms with Crippen LogP contribution in [0.3, 0.4) is 0 Å². The average Bonchev–Trinajstić information content (AvgIpc) is 3.06. The summed E-state index contributed by atoms with van der Waals surface area (Å²) >= 11 is 0. The molecule has 1 N–H and O–H groups in total. The highest BCUT2D eigenvalue weighted by molar-refractivity contribution is 5.98. The van der Waals surface area contributed by atoms with Crippen LogP contribution in [0.15, 0.2) is 47.3 Å². The number of hydrogen-bond donors (Lipinski definition) is 1. The van der Waals surface area contributed by atoms with E-state index >= 15 is 0 Å². The predicted octanol–water partition coefficient (Wildman–Crippen LogP) is 2.69. The molecular weight excluding hydrogens is 442 g/mol. The lowest BCUT2D eigenvalue weighted by Gasteiger charge is -2.16. The van der Waals surface area contributed by atoms with Crippen LogP contribution in [-0.4, -0.2) is 48.7 Å². The summed E-state index contributed by atoms with van der Waals surface area (Å²) in [6.07, 6.45) is -1.18. The molecule has 34 heavy (non-hydrogen) atoms. The zero-order chi connectivity index (χ0) is 25.0. The van der Waals surface area contributed by atoms with Crippen molar-refractivity contribution >= 4 is 17.6 Å². The lowest BCUT2D eigenvalue weighted by Crippen LogP contribution is -2.32. The van der Waals surface area contributed by atoms with Gasteiger partial charge in [0.05, 0.1) is 38.3 Å². The first-order chi connectivity index (χ1) is 16.2. The van der Waals surface area contributed by atoms with Crippen LogP contribution in [0, 0.1) is 6.92 Å². The van der Waals surface area contributed by atoms with Gasteiger partial charge in [0.1, 0.15) is 5.69 Å². The van der Waals surface area contributed by atoms with Gasteiger partial charge in [0, 0.05) is 7.05 Å². The van der Waals surface area contributed by atoms with E-state index in [1.54, 1.807) is 30.8 Å². The second-order valence-corrected chi connectivity index (χ2v) is 7.39. The van der Waals surface area contributed by atoms with Crippen molar-refractivity contribution in [2.24, 2.45) is 7.05 Å². The van der Waals surface area contributed by atoms with Crippen LogP contribution in [0.5, 0.6) is 17.2 Å². The highest BCUT2D eigenvalue weighted by Gasteiger charge is 2.25. The van der Waals surface area contributed by atoms with Gasteiger partial charge in [-0.15, -0.1) is 0 Å². The minimum atomic E-state index is -1.18. The summed E-state index contributed by atoms with van der Waals surface area (Å²) in [6.45, 7) is 3.13. The highest BCUT2D eigenvalue weighted by atomic mass is 16.5. The molecule has 0 aliphatic carbocycles. The Balaban J connectivity index is 1.80. The number of benzene rings is 2. The second kappa shape index (κ2) is 10.2. The molecule has 180 valence electrons. The number of aromatic nitrogens is 2. The van der Waals surface area contributed by atoms with Crippen molar-refractivity contribution in [1.29, 1.82) is 0 Å². The van der Waals surface area contributed by atoms with Gasteiger partial charge in [0.25, 0.3) is 11.5 Å². The largest absolute Gasteiger partial charge is 0.493 e. The number of hydrogen-bond acceptors (Lipinski definition) is 7. The maximum atomic E-state index is 13.0. The van der Waals surface area contributed by atoms with Crippen molar-refractivity contribution in [3.8, 4) is 22.9 Å². The van der Waals surface area contributed by atoms with Crippen LogP contribution in [0.25, 0.3) is 5.69 Å². The Morgan fingerprint density at radius 3 is 2.09 bits per heavy atom. The zero-order valence-electron chi connectivity index (χ0n) is 19.9. The SMILES string of the molecule is COc1cc(C(=O)OC(C)C(=O)Nc2c(C)n(C)n(-c3ccccc3)c2=O)cc(OC)c1OC.